The van der Waals surface area contributed by atoms with Crippen molar-refractivity contribution < 1.29 is 0 Å². The molecule has 0 radical (unpaired) electrons. The van der Waals surface area contributed by atoms with Crippen LogP contribution in [0, 0.1) is 6.92 Å². The third-order valence-corrected chi connectivity index (χ3v) is 3.29. The second-order valence-corrected chi connectivity index (χ2v) is 4.86. The van der Waals surface area contributed by atoms with Crippen LogP contribution in [-0.2, 0) is 6.54 Å². The van der Waals surface area contributed by atoms with E-state index in [9.17, 15) is 0 Å². The van der Waals surface area contributed by atoms with E-state index in [1.54, 1.807) is 0 Å². The van der Waals surface area contributed by atoms with E-state index in [4.69, 9.17) is 0 Å². The van der Waals surface area contributed by atoms with Gasteiger partial charge in [-0.05, 0) is 25.5 Å². The van der Waals surface area contributed by atoms with Crippen molar-refractivity contribution in [1.29, 1.82) is 0 Å². The number of rotatable bonds is 4. The van der Waals surface area contributed by atoms with Gasteiger partial charge < -0.3 is 9.88 Å². The van der Waals surface area contributed by atoms with Crippen LogP contribution in [0.3, 0.4) is 0 Å². The highest BCUT2D eigenvalue weighted by atomic mass is 15.2. The molecule has 3 rings (SSSR count). The molecular weight excluding hydrogens is 248 g/mol. The van der Waals surface area contributed by atoms with Crippen LogP contribution in [0.15, 0.2) is 42.7 Å². The smallest absolute Gasteiger partial charge is 0.203 e. The SMILES string of the molecule is CCNc1nc(C)cn1Cc1cccc2cccnc12. The van der Waals surface area contributed by atoms with Gasteiger partial charge in [-0.15, -0.1) is 0 Å². The standard InChI is InChI=1S/C16H18N4/c1-3-17-16-19-12(2)10-20(16)11-14-7-4-6-13-8-5-9-18-15(13)14/h4-10H,3,11H2,1-2H3,(H,17,19). The van der Waals surface area contributed by atoms with E-state index in [0.29, 0.717) is 0 Å². The first-order valence-corrected chi connectivity index (χ1v) is 6.88. The number of nitrogens with zero attached hydrogens (tertiary/aromatic N) is 3. The summed E-state index contributed by atoms with van der Waals surface area (Å²) in [6.07, 6.45) is 3.91. The third kappa shape index (κ3) is 2.37. The summed E-state index contributed by atoms with van der Waals surface area (Å²) in [5.41, 5.74) is 3.29. The predicted octanol–water partition coefficient (Wildman–Crippen LogP) is 3.22. The van der Waals surface area contributed by atoms with Crippen LogP contribution >= 0.6 is 0 Å². The molecule has 0 bridgehead atoms. The van der Waals surface area contributed by atoms with Gasteiger partial charge in [0.05, 0.1) is 17.8 Å². The van der Waals surface area contributed by atoms with Gasteiger partial charge in [-0.1, -0.05) is 24.3 Å². The molecule has 0 fully saturated rings. The van der Waals surface area contributed by atoms with Gasteiger partial charge in [0.1, 0.15) is 0 Å². The summed E-state index contributed by atoms with van der Waals surface area (Å²) < 4.78 is 2.14. The molecule has 0 amide bonds. The Balaban J connectivity index is 2.01. The van der Waals surface area contributed by atoms with Gasteiger partial charge in [0.2, 0.25) is 5.95 Å². The third-order valence-electron chi connectivity index (χ3n) is 3.29. The summed E-state index contributed by atoms with van der Waals surface area (Å²) in [6.45, 7) is 5.73. The Kier molecular flexibility index (Phi) is 3.37. The van der Waals surface area contributed by atoms with Crippen molar-refractivity contribution in [1.82, 2.24) is 14.5 Å². The number of nitrogens with one attached hydrogen (secondary N) is 1. The Morgan fingerprint density at radius 1 is 1.20 bits per heavy atom. The highest BCUT2D eigenvalue weighted by Crippen LogP contribution is 2.19. The average Bonchev–Trinajstić information content (AvgIpc) is 2.80. The zero-order valence-electron chi connectivity index (χ0n) is 11.8. The number of imidazole rings is 1. The van der Waals surface area contributed by atoms with Crippen molar-refractivity contribution in [3.63, 3.8) is 0 Å². The predicted molar refractivity (Wildman–Crippen MR) is 82.0 cm³/mol. The van der Waals surface area contributed by atoms with E-state index in [1.165, 1.54) is 10.9 Å². The number of hydrogen-bond acceptors (Lipinski definition) is 3. The van der Waals surface area contributed by atoms with Crippen molar-refractivity contribution in [3.05, 3.63) is 54.0 Å². The first-order valence-electron chi connectivity index (χ1n) is 6.88. The molecule has 20 heavy (non-hydrogen) atoms. The number of pyridine rings is 1. The fourth-order valence-corrected chi connectivity index (χ4v) is 2.45. The summed E-state index contributed by atoms with van der Waals surface area (Å²) in [5.74, 6) is 0.915. The monoisotopic (exact) mass is 266 g/mol. The fourth-order valence-electron chi connectivity index (χ4n) is 2.45. The Bertz CT molecular complexity index is 725. The number of benzene rings is 1. The molecule has 0 atom stereocenters. The van der Waals surface area contributed by atoms with E-state index < -0.39 is 0 Å². The lowest BCUT2D eigenvalue weighted by atomic mass is 10.1. The summed E-state index contributed by atoms with van der Waals surface area (Å²) in [6, 6.07) is 10.4. The van der Waals surface area contributed by atoms with E-state index in [-0.39, 0.29) is 0 Å². The second-order valence-electron chi connectivity index (χ2n) is 4.86. The van der Waals surface area contributed by atoms with Crippen molar-refractivity contribution in [2.75, 3.05) is 11.9 Å². The zero-order valence-corrected chi connectivity index (χ0v) is 11.8. The first-order chi connectivity index (χ1) is 9.78. The number of para-hydroxylation sites is 1. The maximum atomic E-state index is 4.51. The van der Waals surface area contributed by atoms with Gasteiger partial charge >= 0.3 is 0 Å². The maximum absolute atomic E-state index is 4.51. The molecule has 102 valence electrons. The van der Waals surface area contributed by atoms with Gasteiger partial charge in [0.15, 0.2) is 0 Å². The highest BCUT2D eigenvalue weighted by molar-refractivity contribution is 5.81. The van der Waals surface area contributed by atoms with Crippen molar-refractivity contribution in [2.45, 2.75) is 20.4 Å². The van der Waals surface area contributed by atoms with E-state index in [1.807, 2.05) is 19.2 Å². The quantitative estimate of drug-likeness (QED) is 0.788. The molecule has 0 aliphatic heterocycles. The average molecular weight is 266 g/mol. The lowest BCUT2D eigenvalue weighted by Gasteiger charge is -2.10. The summed E-state index contributed by atoms with van der Waals surface area (Å²) in [5, 5.41) is 4.47. The van der Waals surface area contributed by atoms with Crippen LogP contribution in [-0.4, -0.2) is 21.1 Å². The number of fused-ring (bicyclic) bond motifs is 1. The van der Waals surface area contributed by atoms with Crippen LogP contribution in [0.4, 0.5) is 5.95 Å². The number of hydrogen-bond donors (Lipinski definition) is 1. The molecule has 4 heteroatoms. The molecule has 2 aromatic heterocycles. The molecule has 0 spiro atoms. The van der Waals surface area contributed by atoms with Gasteiger partial charge in [-0.2, -0.15) is 0 Å². The van der Waals surface area contributed by atoms with E-state index in [2.05, 4.69) is 57.2 Å². The molecule has 2 heterocycles. The molecule has 4 nitrogen and oxygen atoms in total. The molecular formula is C16H18N4. The van der Waals surface area contributed by atoms with Crippen LogP contribution in [0.1, 0.15) is 18.2 Å². The Morgan fingerprint density at radius 2 is 2.05 bits per heavy atom. The summed E-state index contributed by atoms with van der Waals surface area (Å²) in [4.78, 5) is 9.01. The van der Waals surface area contributed by atoms with Crippen molar-refractivity contribution in [2.24, 2.45) is 0 Å². The van der Waals surface area contributed by atoms with Crippen LogP contribution in [0.25, 0.3) is 10.9 Å². The molecule has 1 N–H and O–H groups in total. The number of aryl methyl sites for hydroxylation is 1. The van der Waals surface area contributed by atoms with Crippen LogP contribution in [0.2, 0.25) is 0 Å². The molecule has 0 unspecified atom stereocenters. The van der Waals surface area contributed by atoms with Crippen LogP contribution < -0.4 is 5.32 Å². The fraction of sp³-hybridized carbons (Fsp3) is 0.250. The Morgan fingerprint density at radius 3 is 2.90 bits per heavy atom. The molecule has 1 aromatic carbocycles. The van der Waals surface area contributed by atoms with Crippen LogP contribution in [0.5, 0.6) is 0 Å². The largest absolute Gasteiger partial charge is 0.356 e. The lowest BCUT2D eigenvalue weighted by Crippen LogP contribution is -2.07. The first kappa shape index (κ1) is 12.7. The van der Waals surface area contributed by atoms with Gasteiger partial charge in [-0.25, -0.2) is 4.98 Å². The van der Waals surface area contributed by atoms with Crippen molar-refractivity contribution in [3.8, 4) is 0 Å². The maximum Gasteiger partial charge on any atom is 0.203 e. The lowest BCUT2D eigenvalue weighted by molar-refractivity contribution is 0.803. The normalized spacial score (nSPS) is 10.9. The molecule has 0 saturated heterocycles. The highest BCUT2D eigenvalue weighted by Gasteiger charge is 2.07. The van der Waals surface area contributed by atoms with Gasteiger partial charge in [-0.3, -0.25) is 4.98 Å². The minimum atomic E-state index is 0.775. The molecule has 0 aliphatic carbocycles. The zero-order chi connectivity index (χ0) is 13.9. The molecule has 3 aromatic rings. The number of aromatic nitrogens is 3. The Labute approximate surface area is 118 Å². The van der Waals surface area contributed by atoms with Crippen molar-refractivity contribution >= 4 is 16.9 Å². The van der Waals surface area contributed by atoms with Gasteiger partial charge in [0.25, 0.3) is 0 Å². The van der Waals surface area contributed by atoms with Gasteiger partial charge in [0, 0.05) is 24.3 Å². The topological polar surface area (TPSA) is 42.7 Å². The summed E-state index contributed by atoms with van der Waals surface area (Å²) in [7, 11) is 0. The van der Waals surface area contributed by atoms with E-state index in [0.717, 1.165) is 30.2 Å². The van der Waals surface area contributed by atoms with E-state index >= 15 is 0 Å². The molecule has 0 saturated carbocycles. The Hall–Kier alpha value is -2.36. The summed E-state index contributed by atoms with van der Waals surface area (Å²) >= 11 is 0. The molecule has 0 aliphatic rings. The second kappa shape index (κ2) is 5.33. The minimum Gasteiger partial charge on any atom is -0.356 e. The number of anilines is 1. The minimum absolute atomic E-state index is 0.775.